The Morgan fingerprint density at radius 3 is 2.62 bits per heavy atom. The number of carbonyl (C=O) groups excluding carboxylic acids is 1. The fourth-order valence-electron chi connectivity index (χ4n) is 3.77. The second-order valence-electron chi connectivity index (χ2n) is 9.20. The summed E-state index contributed by atoms with van der Waals surface area (Å²) in [7, 11) is 0. The van der Waals surface area contributed by atoms with Crippen molar-refractivity contribution in [2.75, 3.05) is 5.32 Å². The molecule has 0 radical (unpaired) electrons. The highest BCUT2D eigenvalue weighted by Crippen LogP contribution is 2.29. The molecule has 1 aromatic carbocycles. The molecule has 37 heavy (non-hydrogen) atoms. The highest BCUT2D eigenvalue weighted by Gasteiger charge is 2.27. The topological polar surface area (TPSA) is 158 Å². The summed E-state index contributed by atoms with van der Waals surface area (Å²) in [6, 6.07) is 11.8. The van der Waals surface area contributed by atoms with Crippen molar-refractivity contribution in [3.63, 3.8) is 0 Å². The maximum Gasteiger partial charge on any atom is 0.423 e. The van der Waals surface area contributed by atoms with Crippen molar-refractivity contribution < 1.29 is 14.5 Å². The summed E-state index contributed by atoms with van der Waals surface area (Å²) < 4.78 is 7.69. The van der Waals surface area contributed by atoms with Gasteiger partial charge < -0.3 is 10.1 Å². The fourth-order valence-corrected chi connectivity index (χ4v) is 3.77. The molecule has 0 aliphatic carbocycles. The third-order valence-corrected chi connectivity index (χ3v) is 5.44. The van der Waals surface area contributed by atoms with Crippen LogP contribution in [0.3, 0.4) is 0 Å². The maximum absolute atomic E-state index is 13.5. The first-order chi connectivity index (χ1) is 17.5. The minimum absolute atomic E-state index is 0.0525. The summed E-state index contributed by atoms with van der Waals surface area (Å²) in [5.41, 5.74) is -0.456. The number of anilines is 2. The normalized spacial score (nSPS) is 12.1. The van der Waals surface area contributed by atoms with Gasteiger partial charge in [-0.1, -0.05) is 6.07 Å². The first kappa shape index (κ1) is 25.1. The van der Waals surface area contributed by atoms with Gasteiger partial charge in [0.05, 0.1) is 22.6 Å². The molecule has 0 saturated heterocycles. The van der Waals surface area contributed by atoms with Crippen LogP contribution in [0.1, 0.15) is 44.9 Å². The van der Waals surface area contributed by atoms with E-state index in [1.165, 1.54) is 34.9 Å². The molecule has 4 rings (SSSR count). The number of fused-ring (bicyclic) bond motifs is 1. The first-order valence-corrected chi connectivity index (χ1v) is 11.2. The first-order valence-electron chi connectivity index (χ1n) is 11.2. The number of rotatable bonds is 5. The van der Waals surface area contributed by atoms with E-state index in [0.29, 0.717) is 5.56 Å². The summed E-state index contributed by atoms with van der Waals surface area (Å²) >= 11 is 0. The van der Waals surface area contributed by atoms with Gasteiger partial charge in [-0.15, -0.1) is 0 Å². The largest absolute Gasteiger partial charge is 0.443 e. The molecule has 1 N–H and O–H groups in total. The fraction of sp³-hybridized carbons (Fsp3) is 0.240. The number of imidazole rings is 1. The Labute approximate surface area is 210 Å². The molecule has 0 amide bonds. The van der Waals surface area contributed by atoms with Crippen LogP contribution >= 0.6 is 0 Å². The van der Waals surface area contributed by atoms with Crippen LogP contribution in [0.15, 0.2) is 59.7 Å². The number of hydrogen-bond donors (Lipinski definition) is 1. The Bertz CT molecular complexity index is 1610. The van der Waals surface area contributed by atoms with Crippen molar-refractivity contribution in [3.8, 4) is 6.07 Å². The molecule has 0 fully saturated rings. The molecule has 188 valence electrons. The minimum Gasteiger partial charge on any atom is -0.443 e. The molecular formula is C25H23N7O5. The zero-order chi connectivity index (χ0) is 26.9. The Morgan fingerprint density at radius 1 is 1.24 bits per heavy atom. The third kappa shape index (κ3) is 5.01. The van der Waals surface area contributed by atoms with E-state index in [9.17, 15) is 25.0 Å². The van der Waals surface area contributed by atoms with Crippen LogP contribution in [0.25, 0.3) is 11.2 Å². The van der Waals surface area contributed by atoms with E-state index in [2.05, 4.69) is 15.3 Å². The van der Waals surface area contributed by atoms with E-state index >= 15 is 0 Å². The number of aromatic nitrogens is 4. The molecule has 12 heteroatoms. The lowest BCUT2D eigenvalue weighted by atomic mass is 10.1. The van der Waals surface area contributed by atoms with Crippen molar-refractivity contribution in [2.45, 2.75) is 39.3 Å². The molecular weight excluding hydrogens is 478 g/mol. The van der Waals surface area contributed by atoms with Crippen LogP contribution in [-0.2, 0) is 4.74 Å². The smallest absolute Gasteiger partial charge is 0.423 e. The monoisotopic (exact) mass is 501 g/mol. The van der Waals surface area contributed by atoms with Gasteiger partial charge in [-0.2, -0.15) is 9.83 Å². The number of nitriles is 1. The van der Waals surface area contributed by atoms with Gasteiger partial charge in [0, 0.05) is 18.5 Å². The van der Waals surface area contributed by atoms with Crippen molar-refractivity contribution in [1.29, 1.82) is 5.26 Å². The highest BCUT2D eigenvalue weighted by molar-refractivity contribution is 5.86. The Morgan fingerprint density at radius 2 is 2.00 bits per heavy atom. The van der Waals surface area contributed by atoms with Crippen LogP contribution in [0, 0.1) is 21.4 Å². The standard InChI is InChI=1S/C25H23N7O5/c1-15(17-6-5-11-27-14-17)30-22-20(31(23(30)33)24(34)37-25(2,3)4)9-10-21(29-22)28-18-12-16(13-26)7-8-19(18)32(35)36/h5-12,14-15H,1-4H3,(H,28,29)/t15-/m1/s1. The number of nitrogens with one attached hydrogen (secondary N) is 1. The molecule has 3 heterocycles. The SMILES string of the molecule is C[C@H](c1cccnc1)n1c(=O)n(C(=O)OC(C)(C)C)c2ccc(Nc3cc(C#N)ccc3[N+](=O)[O-])nc21. The summed E-state index contributed by atoms with van der Waals surface area (Å²) in [6.45, 7) is 6.84. The van der Waals surface area contributed by atoms with E-state index in [-0.39, 0.29) is 33.9 Å². The second kappa shape index (κ2) is 9.54. The Balaban J connectivity index is 1.90. The second-order valence-corrected chi connectivity index (χ2v) is 9.20. The van der Waals surface area contributed by atoms with Crippen LogP contribution in [0.4, 0.5) is 22.0 Å². The molecule has 0 aliphatic heterocycles. The van der Waals surface area contributed by atoms with Gasteiger partial charge in [0.1, 0.15) is 22.6 Å². The van der Waals surface area contributed by atoms with Crippen molar-refractivity contribution >= 4 is 34.4 Å². The van der Waals surface area contributed by atoms with E-state index < -0.39 is 28.3 Å². The van der Waals surface area contributed by atoms with Crippen LogP contribution in [-0.4, -0.2) is 35.7 Å². The summed E-state index contributed by atoms with van der Waals surface area (Å²) in [5.74, 6) is 0.166. The predicted molar refractivity (Wildman–Crippen MR) is 135 cm³/mol. The number of nitro benzene ring substituents is 1. The van der Waals surface area contributed by atoms with E-state index in [0.717, 1.165) is 4.57 Å². The van der Waals surface area contributed by atoms with Crippen molar-refractivity contribution in [2.24, 2.45) is 0 Å². The van der Waals surface area contributed by atoms with E-state index in [4.69, 9.17) is 4.74 Å². The van der Waals surface area contributed by atoms with E-state index in [1.807, 2.05) is 6.07 Å². The van der Waals surface area contributed by atoms with Gasteiger partial charge in [0.15, 0.2) is 5.65 Å². The summed E-state index contributed by atoms with van der Waals surface area (Å²) in [5, 5.41) is 23.6. The van der Waals surface area contributed by atoms with Gasteiger partial charge in [-0.3, -0.25) is 19.7 Å². The lowest BCUT2D eigenvalue weighted by Crippen LogP contribution is -2.35. The zero-order valence-corrected chi connectivity index (χ0v) is 20.5. The van der Waals surface area contributed by atoms with Crippen molar-refractivity contribution in [3.05, 3.63) is 86.6 Å². The van der Waals surface area contributed by atoms with Gasteiger partial charge in [-0.05, 0) is 63.6 Å². The number of pyridine rings is 2. The number of benzene rings is 1. The summed E-state index contributed by atoms with van der Waals surface area (Å²) in [6.07, 6.45) is 2.34. The van der Waals surface area contributed by atoms with Gasteiger partial charge in [-0.25, -0.2) is 14.6 Å². The lowest BCUT2D eigenvalue weighted by molar-refractivity contribution is -0.383. The van der Waals surface area contributed by atoms with Crippen LogP contribution in [0.2, 0.25) is 0 Å². The molecule has 4 aromatic rings. The van der Waals surface area contributed by atoms with Gasteiger partial charge in [0.2, 0.25) is 0 Å². The summed E-state index contributed by atoms with van der Waals surface area (Å²) in [4.78, 5) is 46.1. The molecule has 1 atom stereocenters. The molecule has 0 aliphatic rings. The number of ether oxygens (including phenoxy) is 1. The Hall–Kier alpha value is -5.05. The third-order valence-electron chi connectivity index (χ3n) is 5.44. The number of carbonyl (C=O) groups is 1. The van der Waals surface area contributed by atoms with Crippen LogP contribution < -0.4 is 11.0 Å². The molecule has 3 aromatic heterocycles. The van der Waals surface area contributed by atoms with Gasteiger partial charge >= 0.3 is 11.8 Å². The van der Waals surface area contributed by atoms with Crippen LogP contribution in [0.5, 0.6) is 0 Å². The molecule has 0 saturated carbocycles. The van der Waals surface area contributed by atoms with E-state index in [1.54, 1.807) is 52.2 Å². The number of nitro groups is 1. The molecule has 12 nitrogen and oxygen atoms in total. The minimum atomic E-state index is -0.862. The number of hydrogen-bond acceptors (Lipinski definition) is 9. The number of nitrogens with zero attached hydrogens (tertiary/aromatic N) is 6. The Kier molecular flexibility index (Phi) is 6.46. The zero-order valence-electron chi connectivity index (χ0n) is 20.5. The van der Waals surface area contributed by atoms with Crippen molar-refractivity contribution in [1.82, 2.24) is 19.1 Å². The maximum atomic E-state index is 13.5. The molecule has 0 bridgehead atoms. The molecule has 0 spiro atoms. The average Bonchev–Trinajstić information content (AvgIpc) is 3.13. The highest BCUT2D eigenvalue weighted by atomic mass is 16.6. The van der Waals surface area contributed by atoms with Gasteiger partial charge in [0.25, 0.3) is 5.69 Å². The predicted octanol–water partition coefficient (Wildman–Crippen LogP) is 4.51. The molecule has 0 unspecified atom stereocenters. The quantitative estimate of drug-likeness (QED) is 0.307. The average molecular weight is 502 g/mol. The lowest BCUT2D eigenvalue weighted by Gasteiger charge is -2.19.